The van der Waals surface area contributed by atoms with Gasteiger partial charge in [0.05, 0.1) is 33.5 Å². The second-order valence-electron chi connectivity index (χ2n) is 15.3. The van der Waals surface area contributed by atoms with Gasteiger partial charge in [0.25, 0.3) is 0 Å². The average Bonchev–Trinajstić information content (AvgIpc) is 3.63. The lowest BCUT2D eigenvalue weighted by atomic mass is 9.62. The van der Waals surface area contributed by atoms with E-state index in [4.69, 9.17) is 9.97 Å². The third-order valence-electron chi connectivity index (χ3n) is 12.3. The van der Waals surface area contributed by atoms with E-state index in [2.05, 4.69) is 181 Å². The van der Waals surface area contributed by atoms with Crippen LogP contribution in [0.4, 0.5) is 0 Å². The van der Waals surface area contributed by atoms with Gasteiger partial charge in [-0.15, -0.1) is 0 Å². The van der Waals surface area contributed by atoms with Crippen molar-refractivity contribution in [1.29, 1.82) is 0 Å². The van der Waals surface area contributed by atoms with E-state index in [1.165, 1.54) is 70.7 Å². The summed E-state index contributed by atoms with van der Waals surface area (Å²) in [6.07, 6.45) is 0. The zero-order valence-corrected chi connectivity index (χ0v) is 32.5. The van der Waals surface area contributed by atoms with Crippen LogP contribution in [0.5, 0.6) is 0 Å². The van der Waals surface area contributed by atoms with E-state index in [9.17, 15) is 0 Å². The van der Waals surface area contributed by atoms with Crippen LogP contribution in [-0.2, 0) is 5.41 Å². The first-order chi connectivity index (χ1) is 28.7. The number of aromatic nitrogens is 3. The minimum Gasteiger partial charge on any atom is -0.309 e. The molecule has 10 aromatic rings. The van der Waals surface area contributed by atoms with Gasteiger partial charge in [-0.1, -0.05) is 188 Å². The third kappa shape index (κ3) is 4.64. The maximum absolute atomic E-state index is 5.21. The summed E-state index contributed by atoms with van der Waals surface area (Å²) in [7, 11) is 0. The molecule has 0 radical (unpaired) electrons. The molecule has 0 aliphatic carbocycles. The van der Waals surface area contributed by atoms with Crippen molar-refractivity contribution in [1.82, 2.24) is 14.5 Å². The number of benzene rings is 8. The van der Waals surface area contributed by atoms with E-state index in [-0.39, 0.29) is 0 Å². The highest BCUT2D eigenvalue weighted by molar-refractivity contribution is 7.99. The topological polar surface area (TPSA) is 30.7 Å². The average molecular weight is 758 g/mol. The maximum atomic E-state index is 5.21. The van der Waals surface area contributed by atoms with Gasteiger partial charge in [0.1, 0.15) is 0 Å². The second kappa shape index (κ2) is 12.8. The minimum absolute atomic E-state index is 0.520. The SMILES string of the molecule is Cc1c(-c2ccccc2)nc(-c2ccccc2)nc1-c1ccc(-c2cccc3c2Sc2ccccc2C32c3ccccc3-n3c4ccccc4c4cccc2c43)cc1. The summed E-state index contributed by atoms with van der Waals surface area (Å²) in [5.41, 5.74) is 17.0. The largest absolute Gasteiger partial charge is 0.309 e. The van der Waals surface area contributed by atoms with Gasteiger partial charge >= 0.3 is 0 Å². The molecule has 0 fully saturated rings. The van der Waals surface area contributed by atoms with E-state index >= 15 is 0 Å². The van der Waals surface area contributed by atoms with Crippen molar-refractivity contribution in [2.24, 2.45) is 0 Å². The van der Waals surface area contributed by atoms with Crippen molar-refractivity contribution in [3.8, 4) is 50.7 Å². The molecule has 0 saturated heterocycles. The fourth-order valence-corrected chi connectivity index (χ4v) is 11.1. The van der Waals surface area contributed by atoms with Gasteiger partial charge in [-0.2, -0.15) is 0 Å². The van der Waals surface area contributed by atoms with Crippen molar-refractivity contribution < 1.29 is 0 Å². The van der Waals surface area contributed by atoms with Crippen molar-refractivity contribution in [2.75, 3.05) is 0 Å². The molecule has 58 heavy (non-hydrogen) atoms. The number of hydrogen-bond donors (Lipinski definition) is 0. The molecular formula is C54H35N3S. The first kappa shape index (κ1) is 33.2. The molecule has 12 rings (SSSR count). The molecule has 2 aliphatic rings. The zero-order valence-electron chi connectivity index (χ0n) is 31.7. The predicted molar refractivity (Wildman–Crippen MR) is 239 cm³/mol. The maximum Gasteiger partial charge on any atom is 0.160 e. The van der Waals surface area contributed by atoms with Crippen molar-refractivity contribution in [3.63, 3.8) is 0 Å². The third-order valence-corrected chi connectivity index (χ3v) is 13.5. The summed E-state index contributed by atoms with van der Waals surface area (Å²) < 4.78 is 2.51. The molecule has 0 saturated carbocycles. The lowest BCUT2D eigenvalue weighted by Gasteiger charge is -2.45. The number of nitrogens with zero attached hydrogens (tertiary/aromatic N) is 3. The molecule has 0 N–H and O–H groups in total. The van der Waals surface area contributed by atoms with Crippen LogP contribution in [-0.4, -0.2) is 14.5 Å². The molecule has 2 aromatic heterocycles. The second-order valence-corrected chi connectivity index (χ2v) is 16.3. The number of rotatable bonds is 4. The van der Waals surface area contributed by atoms with E-state index in [1.54, 1.807) is 0 Å². The van der Waals surface area contributed by atoms with Crippen LogP contribution < -0.4 is 0 Å². The standard InChI is InChI=1S/C54H35N3S/c1-34-49(36-16-4-2-5-17-36)55-53(38-18-6-3-7-19-38)56-50(34)37-32-30-35(31-33-37)39-21-14-26-45-52(39)58-48-29-13-10-24-43(48)54(45)42-23-9-12-28-47(42)57-46-27-11-8-20-40(46)41-22-15-25-44(54)51(41)57/h2-33H,1H3. The Morgan fingerprint density at radius 3 is 1.81 bits per heavy atom. The van der Waals surface area contributed by atoms with Gasteiger partial charge in [-0.25, -0.2) is 9.97 Å². The van der Waals surface area contributed by atoms with Gasteiger partial charge < -0.3 is 4.57 Å². The molecular weight excluding hydrogens is 723 g/mol. The normalized spacial score (nSPS) is 15.0. The molecule has 1 atom stereocenters. The molecule has 8 aromatic carbocycles. The van der Waals surface area contributed by atoms with E-state index < -0.39 is 5.41 Å². The van der Waals surface area contributed by atoms with Crippen LogP contribution in [0.15, 0.2) is 204 Å². The van der Waals surface area contributed by atoms with Crippen LogP contribution in [0.1, 0.15) is 27.8 Å². The zero-order chi connectivity index (χ0) is 38.4. The van der Waals surface area contributed by atoms with Crippen LogP contribution in [0.25, 0.3) is 72.5 Å². The predicted octanol–water partition coefficient (Wildman–Crippen LogP) is 13.7. The van der Waals surface area contributed by atoms with Crippen molar-refractivity contribution in [3.05, 3.63) is 222 Å². The lowest BCUT2D eigenvalue weighted by Crippen LogP contribution is -2.37. The summed E-state index contributed by atoms with van der Waals surface area (Å²) in [5.74, 6) is 0.725. The Morgan fingerprint density at radius 1 is 0.448 bits per heavy atom. The summed E-state index contributed by atoms with van der Waals surface area (Å²) >= 11 is 1.90. The number of para-hydroxylation sites is 3. The Labute approximate surface area is 341 Å². The van der Waals surface area contributed by atoms with Crippen LogP contribution >= 0.6 is 11.8 Å². The van der Waals surface area contributed by atoms with Crippen LogP contribution in [0, 0.1) is 6.92 Å². The number of fused-ring (bicyclic) bond motifs is 11. The molecule has 4 heteroatoms. The van der Waals surface area contributed by atoms with Gasteiger partial charge in [0, 0.05) is 42.8 Å². The summed E-state index contributed by atoms with van der Waals surface area (Å²) in [5, 5.41) is 2.57. The molecule has 4 heterocycles. The molecule has 2 aliphatic heterocycles. The monoisotopic (exact) mass is 757 g/mol. The first-order valence-electron chi connectivity index (χ1n) is 19.8. The number of hydrogen-bond acceptors (Lipinski definition) is 3. The molecule has 1 unspecified atom stereocenters. The Balaban J connectivity index is 1.07. The van der Waals surface area contributed by atoms with Gasteiger partial charge in [0.15, 0.2) is 5.82 Å². The summed E-state index contributed by atoms with van der Waals surface area (Å²) in [6.45, 7) is 2.14. The molecule has 0 bridgehead atoms. The van der Waals surface area contributed by atoms with Gasteiger partial charge in [-0.05, 0) is 58.5 Å². The molecule has 272 valence electrons. The Morgan fingerprint density at radius 2 is 1.02 bits per heavy atom. The van der Waals surface area contributed by atoms with Crippen LogP contribution in [0.2, 0.25) is 0 Å². The molecule has 0 amide bonds. The Kier molecular flexibility index (Phi) is 7.29. The Hall–Kier alpha value is -7.01. The fourth-order valence-electron chi connectivity index (χ4n) is 9.77. The quantitative estimate of drug-likeness (QED) is 0.179. The highest BCUT2D eigenvalue weighted by Gasteiger charge is 2.49. The highest BCUT2D eigenvalue weighted by atomic mass is 32.2. The van der Waals surface area contributed by atoms with Crippen molar-refractivity contribution in [2.45, 2.75) is 22.1 Å². The molecule has 1 spiro atoms. The van der Waals surface area contributed by atoms with E-state index in [1.807, 2.05) is 36.0 Å². The fraction of sp³-hybridized carbons (Fsp3) is 0.0370. The van der Waals surface area contributed by atoms with Gasteiger partial charge in [-0.3, -0.25) is 0 Å². The summed E-state index contributed by atoms with van der Waals surface area (Å²) in [6, 6.07) is 70.6. The van der Waals surface area contributed by atoms with E-state index in [0.29, 0.717) is 0 Å². The van der Waals surface area contributed by atoms with Crippen molar-refractivity contribution >= 4 is 33.6 Å². The molecule has 3 nitrogen and oxygen atoms in total. The minimum atomic E-state index is -0.520. The van der Waals surface area contributed by atoms with Crippen LogP contribution in [0.3, 0.4) is 0 Å². The summed E-state index contributed by atoms with van der Waals surface area (Å²) in [4.78, 5) is 12.9. The highest BCUT2D eigenvalue weighted by Crippen LogP contribution is 2.61. The smallest absolute Gasteiger partial charge is 0.160 e. The first-order valence-corrected chi connectivity index (χ1v) is 20.7. The Bertz CT molecular complexity index is 3260. The lowest BCUT2D eigenvalue weighted by molar-refractivity contribution is 0.690. The van der Waals surface area contributed by atoms with E-state index in [0.717, 1.165) is 39.5 Å². The van der Waals surface area contributed by atoms with Gasteiger partial charge in [0.2, 0.25) is 0 Å².